The number of hydrogen-bond acceptors (Lipinski definition) is 4. The van der Waals surface area contributed by atoms with E-state index >= 15 is 0 Å². The molecular formula is C15H26N2O2. The molecule has 2 rings (SSSR count). The van der Waals surface area contributed by atoms with Crippen LogP contribution in [0.15, 0.2) is 24.4 Å². The maximum atomic E-state index is 5.00. The number of likely N-dealkylation sites (tertiary alicyclic amines) is 1. The minimum Gasteiger partial charge on any atom is -0.383 e. The molecule has 2 heterocycles. The first-order chi connectivity index (χ1) is 9.36. The van der Waals surface area contributed by atoms with Crippen molar-refractivity contribution in [1.29, 1.82) is 0 Å². The standard InChI is InChI=1S/C8H17NO.C7H9NO/c1-10-8-7-9-5-3-2-4-6-9;1-9-6-7-4-2-3-5-8-7/h2-8H2,1H3;2-5H,6H2,1H3. The number of piperidine rings is 1. The van der Waals surface area contributed by atoms with Gasteiger partial charge in [-0.1, -0.05) is 12.5 Å². The summed E-state index contributed by atoms with van der Waals surface area (Å²) < 4.78 is 9.87. The molecule has 0 atom stereocenters. The Labute approximate surface area is 116 Å². The summed E-state index contributed by atoms with van der Waals surface area (Å²) in [6, 6.07) is 5.77. The van der Waals surface area contributed by atoms with Gasteiger partial charge in [-0.15, -0.1) is 0 Å². The van der Waals surface area contributed by atoms with Crippen molar-refractivity contribution in [2.75, 3.05) is 40.5 Å². The predicted molar refractivity (Wildman–Crippen MR) is 77.1 cm³/mol. The molecule has 1 aromatic rings. The highest BCUT2D eigenvalue weighted by molar-refractivity contribution is 5.01. The van der Waals surface area contributed by atoms with Crippen LogP contribution in [-0.2, 0) is 16.1 Å². The maximum absolute atomic E-state index is 5.00. The second-order valence-corrected chi connectivity index (χ2v) is 4.65. The molecule has 0 N–H and O–H groups in total. The van der Waals surface area contributed by atoms with Crippen molar-refractivity contribution >= 4 is 0 Å². The van der Waals surface area contributed by atoms with Crippen LogP contribution in [0, 0.1) is 0 Å². The van der Waals surface area contributed by atoms with Crippen molar-refractivity contribution in [2.45, 2.75) is 25.9 Å². The van der Waals surface area contributed by atoms with Crippen LogP contribution in [0.5, 0.6) is 0 Å². The molecule has 0 aliphatic carbocycles. The zero-order chi connectivity index (χ0) is 13.8. The van der Waals surface area contributed by atoms with Crippen LogP contribution in [0.1, 0.15) is 25.0 Å². The SMILES string of the molecule is COCCN1CCCCC1.COCc1ccccn1. The highest BCUT2D eigenvalue weighted by Gasteiger charge is 2.08. The van der Waals surface area contributed by atoms with E-state index in [1.165, 1.54) is 32.4 Å². The molecule has 0 aromatic carbocycles. The zero-order valence-electron chi connectivity index (χ0n) is 12.2. The minimum atomic E-state index is 0.598. The van der Waals surface area contributed by atoms with E-state index in [0.717, 1.165) is 18.8 Å². The van der Waals surface area contributed by atoms with Gasteiger partial charge in [0.2, 0.25) is 0 Å². The average Bonchev–Trinajstić information content (AvgIpc) is 2.48. The lowest BCUT2D eigenvalue weighted by atomic mass is 10.1. The fraction of sp³-hybridized carbons (Fsp3) is 0.667. The largest absolute Gasteiger partial charge is 0.383 e. The van der Waals surface area contributed by atoms with Crippen LogP contribution in [0.3, 0.4) is 0 Å². The summed E-state index contributed by atoms with van der Waals surface area (Å²) in [5.74, 6) is 0. The Kier molecular flexibility index (Phi) is 9.23. The van der Waals surface area contributed by atoms with Crippen LogP contribution in [0.25, 0.3) is 0 Å². The van der Waals surface area contributed by atoms with Crippen molar-refractivity contribution < 1.29 is 9.47 Å². The van der Waals surface area contributed by atoms with E-state index in [1.807, 2.05) is 18.2 Å². The fourth-order valence-electron chi connectivity index (χ4n) is 2.03. The van der Waals surface area contributed by atoms with Gasteiger partial charge in [-0.05, 0) is 38.1 Å². The Morgan fingerprint density at radius 2 is 1.89 bits per heavy atom. The smallest absolute Gasteiger partial charge is 0.0884 e. The summed E-state index contributed by atoms with van der Waals surface area (Å²) in [4.78, 5) is 6.52. The van der Waals surface area contributed by atoms with Gasteiger partial charge in [-0.3, -0.25) is 4.98 Å². The predicted octanol–water partition coefficient (Wildman–Crippen LogP) is 2.35. The number of rotatable bonds is 5. The third kappa shape index (κ3) is 7.93. The lowest BCUT2D eigenvalue weighted by Crippen LogP contribution is -2.32. The van der Waals surface area contributed by atoms with Crippen LogP contribution >= 0.6 is 0 Å². The fourth-order valence-corrected chi connectivity index (χ4v) is 2.03. The number of methoxy groups -OCH3 is 2. The Bertz CT molecular complexity index is 300. The van der Waals surface area contributed by atoms with Gasteiger partial charge in [0.25, 0.3) is 0 Å². The molecular weight excluding hydrogens is 240 g/mol. The highest BCUT2D eigenvalue weighted by atomic mass is 16.5. The molecule has 1 aliphatic heterocycles. The van der Waals surface area contributed by atoms with E-state index in [-0.39, 0.29) is 0 Å². The van der Waals surface area contributed by atoms with Crippen molar-refractivity contribution in [1.82, 2.24) is 9.88 Å². The number of pyridine rings is 1. The maximum Gasteiger partial charge on any atom is 0.0884 e. The monoisotopic (exact) mass is 266 g/mol. The number of nitrogens with zero attached hydrogens (tertiary/aromatic N) is 2. The molecule has 108 valence electrons. The second-order valence-electron chi connectivity index (χ2n) is 4.65. The molecule has 0 spiro atoms. The molecule has 4 heteroatoms. The molecule has 1 saturated heterocycles. The molecule has 0 saturated carbocycles. The first-order valence-corrected chi connectivity index (χ1v) is 6.97. The third-order valence-electron chi connectivity index (χ3n) is 3.08. The summed E-state index contributed by atoms with van der Waals surface area (Å²) in [5, 5.41) is 0. The van der Waals surface area contributed by atoms with Crippen molar-refractivity contribution in [3.05, 3.63) is 30.1 Å². The van der Waals surface area contributed by atoms with Crippen LogP contribution in [0.2, 0.25) is 0 Å². The lowest BCUT2D eigenvalue weighted by molar-refractivity contribution is 0.135. The second kappa shape index (κ2) is 10.9. The molecule has 4 nitrogen and oxygen atoms in total. The Morgan fingerprint density at radius 1 is 1.11 bits per heavy atom. The van der Waals surface area contributed by atoms with E-state index in [9.17, 15) is 0 Å². The summed E-state index contributed by atoms with van der Waals surface area (Å²) in [5.41, 5.74) is 0.972. The number of ether oxygens (including phenoxy) is 2. The van der Waals surface area contributed by atoms with Gasteiger partial charge in [0, 0.05) is 27.0 Å². The van der Waals surface area contributed by atoms with Gasteiger partial charge in [0.1, 0.15) is 0 Å². The first kappa shape index (κ1) is 16.1. The molecule has 0 amide bonds. The van der Waals surface area contributed by atoms with Crippen LogP contribution in [-0.4, -0.2) is 50.3 Å². The van der Waals surface area contributed by atoms with Gasteiger partial charge in [-0.2, -0.15) is 0 Å². The van der Waals surface area contributed by atoms with Crippen LogP contribution in [0.4, 0.5) is 0 Å². The first-order valence-electron chi connectivity index (χ1n) is 6.97. The summed E-state index contributed by atoms with van der Waals surface area (Å²) >= 11 is 0. The van der Waals surface area contributed by atoms with Gasteiger partial charge in [0.05, 0.1) is 18.9 Å². The number of aromatic nitrogens is 1. The van der Waals surface area contributed by atoms with E-state index in [1.54, 1.807) is 20.4 Å². The number of hydrogen-bond donors (Lipinski definition) is 0. The zero-order valence-corrected chi connectivity index (χ0v) is 12.2. The molecule has 1 aromatic heterocycles. The Morgan fingerprint density at radius 3 is 2.47 bits per heavy atom. The van der Waals surface area contributed by atoms with Crippen molar-refractivity contribution in [3.63, 3.8) is 0 Å². The summed E-state index contributed by atoms with van der Waals surface area (Å²) in [6.07, 6.45) is 5.94. The summed E-state index contributed by atoms with van der Waals surface area (Å²) in [7, 11) is 3.43. The lowest BCUT2D eigenvalue weighted by Gasteiger charge is -2.25. The van der Waals surface area contributed by atoms with Gasteiger partial charge >= 0.3 is 0 Å². The molecule has 1 aliphatic rings. The Balaban J connectivity index is 0.000000191. The van der Waals surface area contributed by atoms with Crippen LogP contribution < -0.4 is 0 Å². The molecule has 0 bridgehead atoms. The molecule has 19 heavy (non-hydrogen) atoms. The molecule has 0 radical (unpaired) electrons. The normalized spacial score (nSPS) is 15.7. The molecule has 1 fully saturated rings. The van der Waals surface area contributed by atoms with E-state index < -0.39 is 0 Å². The van der Waals surface area contributed by atoms with E-state index in [4.69, 9.17) is 9.47 Å². The van der Waals surface area contributed by atoms with Crippen molar-refractivity contribution in [2.24, 2.45) is 0 Å². The van der Waals surface area contributed by atoms with E-state index in [2.05, 4.69) is 9.88 Å². The average molecular weight is 266 g/mol. The van der Waals surface area contributed by atoms with Gasteiger partial charge < -0.3 is 14.4 Å². The van der Waals surface area contributed by atoms with Gasteiger partial charge in [0.15, 0.2) is 0 Å². The third-order valence-corrected chi connectivity index (χ3v) is 3.08. The van der Waals surface area contributed by atoms with E-state index in [0.29, 0.717) is 6.61 Å². The summed E-state index contributed by atoms with van der Waals surface area (Å²) in [6.45, 7) is 5.17. The highest BCUT2D eigenvalue weighted by Crippen LogP contribution is 2.07. The van der Waals surface area contributed by atoms with Gasteiger partial charge in [-0.25, -0.2) is 0 Å². The quantitative estimate of drug-likeness (QED) is 0.819. The topological polar surface area (TPSA) is 34.6 Å². The van der Waals surface area contributed by atoms with Crippen molar-refractivity contribution in [3.8, 4) is 0 Å². The minimum absolute atomic E-state index is 0.598. The Hall–Kier alpha value is -0.970. The molecule has 0 unspecified atom stereocenters.